The Labute approximate surface area is 222 Å². The summed E-state index contributed by atoms with van der Waals surface area (Å²) >= 11 is 1.38. The topological polar surface area (TPSA) is 245 Å². The van der Waals surface area contributed by atoms with E-state index < -0.39 is 79.1 Å². The first-order chi connectivity index (χ1) is 17.8. The highest BCUT2D eigenvalue weighted by atomic mass is 32.2. The van der Waals surface area contributed by atoms with Gasteiger partial charge in [0.15, 0.2) is 0 Å². The molecule has 0 heterocycles. The van der Waals surface area contributed by atoms with Crippen LogP contribution in [0.4, 0.5) is 0 Å². The number of rotatable bonds is 17. The van der Waals surface area contributed by atoms with Gasteiger partial charge in [0.2, 0.25) is 17.7 Å². The van der Waals surface area contributed by atoms with E-state index in [-0.39, 0.29) is 18.6 Å². The van der Waals surface area contributed by atoms with Crippen LogP contribution >= 0.6 is 11.8 Å². The standard InChI is InChI=1S/C23H32N4O10S/c1-38-9-8-16(25-20(33)14(24)10-12-2-4-13(28)5-3-12)22(35)26-15(6-7-18(29)30)21(34)27-17(23(36)37)11-19(31)32/h2-5,14-17,28H,6-11,24H2,1H3,(H,25,33)(H,26,35)(H,27,34)(H,29,30)(H,31,32)(H,36,37). The van der Waals surface area contributed by atoms with E-state index in [1.54, 1.807) is 18.4 Å². The quantitative estimate of drug-likeness (QED) is 0.114. The molecule has 210 valence electrons. The summed E-state index contributed by atoms with van der Waals surface area (Å²) < 4.78 is 0. The number of thioether (sulfide) groups is 1. The zero-order valence-electron chi connectivity index (χ0n) is 20.6. The molecule has 0 aliphatic carbocycles. The average Bonchev–Trinajstić information content (AvgIpc) is 2.84. The van der Waals surface area contributed by atoms with Gasteiger partial charge in [-0.25, -0.2) is 4.79 Å². The normalized spacial score (nSPS) is 13.8. The van der Waals surface area contributed by atoms with Crippen molar-refractivity contribution in [1.29, 1.82) is 0 Å². The summed E-state index contributed by atoms with van der Waals surface area (Å²) in [5, 5.41) is 43.3. The molecule has 14 nitrogen and oxygen atoms in total. The summed E-state index contributed by atoms with van der Waals surface area (Å²) in [7, 11) is 0. The minimum Gasteiger partial charge on any atom is -0.508 e. The Bertz CT molecular complexity index is 1000. The molecule has 15 heteroatoms. The number of carboxylic acid groups (broad SMARTS) is 3. The number of phenols is 1. The maximum Gasteiger partial charge on any atom is 0.326 e. The first kappa shape index (κ1) is 32.2. The SMILES string of the molecule is CSCCC(NC(=O)C(N)Cc1ccc(O)cc1)C(=O)NC(CCC(=O)O)C(=O)NC(CC(=O)O)C(=O)O. The van der Waals surface area contributed by atoms with Gasteiger partial charge in [-0.1, -0.05) is 12.1 Å². The van der Waals surface area contributed by atoms with Gasteiger partial charge in [0.1, 0.15) is 23.9 Å². The predicted molar refractivity (Wildman–Crippen MR) is 135 cm³/mol. The zero-order valence-corrected chi connectivity index (χ0v) is 21.4. The second-order valence-electron chi connectivity index (χ2n) is 8.31. The van der Waals surface area contributed by atoms with Crippen LogP contribution in [-0.4, -0.2) is 92.2 Å². The van der Waals surface area contributed by atoms with Crippen LogP contribution in [0.1, 0.15) is 31.2 Å². The summed E-state index contributed by atoms with van der Waals surface area (Å²) in [6.07, 6.45) is 0.0860. The molecular formula is C23H32N4O10S. The summed E-state index contributed by atoms with van der Waals surface area (Å²) in [6.45, 7) is 0. The van der Waals surface area contributed by atoms with E-state index in [0.29, 0.717) is 11.3 Å². The lowest BCUT2D eigenvalue weighted by molar-refractivity contribution is -0.147. The number of carboxylic acids is 3. The molecule has 0 aliphatic rings. The van der Waals surface area contributed by atoms with Gasteiger partial charge in [-0.3, -0.25) is 24.0 Å². The van der Waals surface area contributed by atoms with Gasteiger partial charge in [0.25, 0.3) is 0 Å². The van der Waals surface area contributed by atoms with E-state index >= 15 is 0 Å². The molecule has 0 aliphatic heterocycles. The van der Waals surface area contributed by atoms with E-state index in [1.165, 1.54) is 23.9 Å². The van der Waals surface area contributed by atoms with Gasteiger partial charge in [-0.05, 0) is 49.0 Å². The number of nitrogens with one attached hydrogen (secondary N) is 3. The zero-order chi connectivity index (χ0) is 28.8. The molecule has 0 aromatic heterocycles. The Morgan fingerprint density at radius 3 is 1.84 bits per heavy atom. The predicted octanol–water partition coefficient (Wildman–Crippen LogP) is -1.11. The van der Waals surface area contributed by atoms with Crippen LogP contribution in [0.5, 0.6) is 5.75 Å². The second kappa shape index (κ2) is 16.1. The largest absolute Gasteiger partial charge is 0.508 e. The van der Waals surface area contributed by atoms with E-state index in [9.17, 15) is 39.0 Å². The molecule has 0 saturated carbocycles. The van der Waals surface area contributed by atoms with Crippen LogP contribution in [0.2, 0.25) is 0 Å². The number of phenolic OH excluding ortho intramolecular Hbond substituents is 1. The van der Waals surface area contributed by atoms with Crippen molar-refractivity contribution < 1.29 is 49.2 Å². The first-order valence-electron chi connectivity index (χ1n) is 11.4. The van der Waals surface area contributed by atoms with Gasteiger partial charge in [0.05, 0.1) is 12.5 Å². The fourth-order valence-electron chi connectivity index (χ4n) is 3.22. The van der Waals surface area contributed by atoms with Crippen LogP contribution in [0.25, 0.3) is 0 Å². The lowest BCUT2D eigenvalue weighted by Crippen LogP contribution is -2.57. The fourth-order valence-corrected chi connectivity index (χ4v) is 3.69. The molecule has 4 unspecified atom stereocenters. The van der Waals surface area contributed by atoms with Crippen LogP contribution in [0.3, 0.4) is 0 Å². The van der Waals surface area contributed by atoms with E-state index in [4.69, 9.17) is 15.9 Å². The average molecular weight is 557 g/mol. The number of aromatic hydroxyl groups is 1. The molecule has 0 fully saturated rings. The smallest absolute Gasteiger partial charge is 0.326 e. The van der Waals surface area contributed by atoms with Gasteiger partial charge < -0.3 is 42.1 Å². The first-order valence-corrected chi connectivity index (χ1v) is 12.8. The minimum absolute atomic E-state index is 0.0414. The number of hydrogen-bond acceptors (Lipinski definition) is 9. The lowest BCUT2D eigenvalue weighted by Gasteiger charge is -2.25. The van der Waals surface area contributed by atoms with Gasteiger partial charge in [-0.2, -0.15) is 11.8 Å². The number of amides is 3. The molecule has 4 atom stereocenters. The molecule has 0 radical (unpaired) electrons. The van der Waals surface area contributed by atoms with Crippen molar-refractivity contribution in [2.24, 2.45) is 5.73 Å². The van der Waals surface area contributed by atoms with Gasteiger partial charge in [0, 0.05) is 6.42 Å². The highest BCUT2D eigenvalue weighted by molar-refractivity contribution is 7.98. The number of nitrogens with two attached hydrogens (primary N) is 1. The summed E-state index contributed by atoms with van der Waals surface area (Å²) in [5.74, 6) is -6.53. The molecule has 1 aromatic carbocycles. The molecule has 9 N–H and O–H groups in total. The molecule has 0 bridgehead atoms. The summed E-state index contributed by atoms with van der Waals surface area (Å²) in [5.41, 5.74) is 6.64. The molecule has 1 aromatic rings. The number of benzene rings is 1. The molecule has 1 rings (SSSR count). The second-order valence-corrected chi connectivity index (χ2v) is 9.30. The van der Waals surface area contributed by atoms with E-state index in [2.05, 4.69) is 10.6 Å². The van der Waals surface area contributed by atoms with Crippen molar-refractivity contribution in [3.05, 3.63) is 29.8 Å². The van der Waals surface area contributed by atoms with Crippen molar-refractivity contribution in [2.75, 3.05) is 12.0 Å². The third-order valence-electron chi connectivity index (χ3n) is 5.25. The van der Waals surface area contributed by atoms with Crippen molar-refractivity contribution >= 4 is 47.4 Å². The Morgan fingerprint density at radius 1 is 0.816 bits per heavy atom. The van der Waals surface area contributed by atoms with Crippen molar-refractivity contribution in [1.82, 2.24) is 16.0 Å². The summed E-state index contributed by atoms with van der Waals surface area (Å²) in [6, 6.07) is 0.493. The Kier molecular flexibility index (Phi) is 13.6. The van der Waals surface area contributed by atoms with Crippen LogP contribution < -0.4 is 21.7 Å². The third-order valence-corrected chi connectivity index (χ3v) is 5.89. The molecule has 0 saturated heterocycles. The van der Waals surface area contributed by atoms with Crippen molar-refractivity contribution in [3.63, 3.8) is 0 Å². The Morgan fingerprint density at radius 2 is 1.34 bits per heavy atom. The number of carbonyl (C=O) groups excluding carboxylic acids is 3. The van der Waals surface area contributed by atoms with Crippen molar-refractivity contribution in [3.8, 4) is 5.75 Å². The Balaban J connectivity index is 2.99. The highest BCUT2D eigenvalue weighted by Crippen LogP contribution is 2.11. The molecule has 0 spiro atoms. The number of carbonyl (C=O) groups is 6. The minimum atomic E-state index is -1.81. The lowest BCUT2D eigenvalue weighted by atomic mass is 10.0. The summed E-state index contributed by atoms with van der Waals surface area (Å²) in [4.78, 5) is 71.7. The number of hydrogen-bond donors (Lipinski definition) is 8. The van der Waals surface area contributed by atoms with Crippen LogP contribution in [0.15, 0.2) is 24.3 Å². The molecule has 3 amide bonds. The highest BCUT2D eigenvalue weighted by Gasteiger charge is 2.31. The van der Waals surface area contributed by atoms with E-state index in [1.807, 2.05) is 5.32 Å². The molecular weight excluding hydrogens is 524 g/mol. The van der Waals surface area contributed by atoms with Gasteiger partial charge >= 0.3 is 17.9 Å². The monoisotopic (exact) mass is 556 g/mol. The van der Waals surface area contributed by atoms with Crippen LogP contribution in [0, 0.1) is 0 Å². The Hall–Kier alpha value is -3.85. The van der Waals surface area contributed by atoms with Crippen LogP contribution in [-0.2, 0) is 35.2 Å². The maximum absolute atomic E-state index is 13.0. The van der Waals surface area contributed by atoms with Crippen molar-refractivity contribution in [2.45, 2.75) is 56.3 Å². The van der Waals surface area contributed by atoms with E-state index in [0.717, 1.165) is 0 Å². The maximum atomic E-state index is 13.0. The molecule has 38 heavy (non-hydrogen) atoms. The fraction of sp³-hybridized carbons (Fsp3) is 0.478. The third kappa shape index (κ3) is 11.9. The number of aliphatic carboxylic acids is 3. The van der Waals surface area contributed by atoms with Gasteiger partial charge in [-0.15, -0.1) is 0 Å².